The maximum atomic E-state index is 10.8. The highest BCUT2D eigenvalue weighted by molar-refractivity contribution is 7.45. The first-order valence-corrected chi connectivity index (χ1v) is 11.7. The van der Waals surface area contributed by atoms with Gasteiger partial charge in [-0.05, 0) is 41.5 Å². The molecule has 0 radical (unpaired) electrons. The third-order valence-corrected chi connectivity index (χ3v) is 7.40. The summed E-state index contributed by atoms with van der Waals surface area (Å²) in [6.07, 6.45) is 2.05. The smallest absolute Gasteiger partial charge is 0.269 e. The minimum Gasteiger partial charge on any atom is -0.348 e. The summed E-state index contributed by atoms with van der Waals surface area (Å²) in [6, 6.07) is 16.3. The van der Waals surface area contributed by atoms with Crippen LogP contribution in [-0.2, 0) is 5.41 Å². The van der Waals surface area contributed by atoms with Crippen molar-refractivity contribution < 1.29 is 14.7 Å². The summed E-state index contributed by atoms with van der Waals surface area (Å²) >= 11 is 1.43. The number of nitrogens with one attached hydrogen (secondary N) is 1. The average molecular weight is 443 g/mol. The fourth-order valence-corrected chi connectivity index (χ4v) is 5.61. The first-order chi connectivity index (χ1) is 14.4. The van der Waals surface area contributed by atoms with E-state index in [-0.39, 0.29) is 11.1 Å². The highest BCUT2D eigenvalue weighted by Gasteiger charge is 2.43. The molecule has 1 aliphatic rings. The molecule has 1 heterocycles. The Bertz CT molecular complexity index is 1020. The zero-order valence-corrected chi connectivity index (χ0v) is 18.0. The first kappa shape index (κ1) is 20.9. The van der Waals surface area contributed by atoms with Crippen LogP contribution in [0.3, 0.4) is 0 Å². The number of aromatic nitrogens is 1. The number of nitro groups is 1. The van der Waals surface area contributed by atoms with Crippen LogP contribution in [0.4, 0.5) is 10.8 Å². The van der Waals surface area contributed by atoms with Gasteiger partial charge in [-0.25, -0.2) is 4.98 Å². The van der Waals surface area contributed by atoms with Crippen LogP contribution in [0.2, 0.25) is 0 Å². The van der Waals surface area contributed by atoms with E-state index in [4.69, 9.17) is 0 Å². The van der Waals surface area contributed by atoms with Gasteiger partial charge in [-0.2, -0.15) is 0 Å². The maximum Gasteiger partial charge on any atom is 0.269 e. The van der Waals surface area contributed by atoms with E-state index in [1.165, 1.54) is 41.2 Å². The van der Waals surface area contributed by atoms with Gasteiger partial charge < -0.3 is 15.1 Å². The van der Waals surface area contributed by atoms with E-state index < -0.39 is 19.1 Å². The molecular formula is C21H22N3O4PS. The van der Waals surface area contributed by atoms with E-state index >= 15 is 0 Å². The summed E-state index contributed by atoms with van der Waals surface area (Å²) in [6.45, 7) is 2.28. The Morgan fingerprint density at radius 2 is 1.87 bits per heavy atom. The Morgan fingerprint density at radius 1 is 1.20 bits per heavy atom. The number of benzene rings is 2. The SMILES string of the molecule is CC1(c2ccccc2)CC(c2csc(NC(c3ccc([N+](=O)[O-])cc3)P(O)O)n2)C1. The van der Waals surface area contributed by atoms with E-state index in [1.54, 1.807) is 0 Å². The van der Waals surface area contributed by atoms with Gasteiger partial charge in [-0.3, -0.25) is 10.1 Å². The molecule has 1 aliphatic carbocycles. The van der Waals surface area contributed by atoms with Gasteiger partial charge in [0.2, 0.25) is 0 Å². The second kappa shape index (κ2) is 8.40. The molecule has 0 saturated heterocycles. The highest BCUT2D eigenvalue weighted by atomic mass is 32.1. The van der Waals surface area contributed by atoms with Gasteiger partial charge in [0.1, 0.15) is 5.78 Å². The molecule has 4 rings (SSSR count). The van der Waals surface area contributed by atoms with Crippen LogP contribution in [0.1, 0.15) is 48.3 Å². The van der Waals surface area contributed by atoms with Crippen LogP contribution < -0.4 is 5.32 Å². The molecule has 0 spiro atoms. The van der Waals surface area contributed by atoms with E-state index in [9.17, 15) is 19.9 Å². The number of nitrogens with zero attached hydrogens (tertiary/aromatic N) is 2. The zero-order valence-electron chi connectivity index (χ0n) is 16.3. The van der Waals surface area contributed by atoms with Crippen molar-refractivity contribution in [2.75, 3.05) is 5.32 Å². The topological polar surface area (TPSA) is 109 Å². The zero-order chi connectivity index (χ0) is 21.3. The van der Waals surface area contributed by atoms with Gasteiger partial charge in [0.25, 0.3) is 5.69 Å². The van der Waals surface area contributed by atoms with Crippen LogP contribution >= 0.6 is 19.7 Å². The van der Waals surface area contributed by atoms with Crippen LogP contribution in [0.15, 0.2) is 60.0 Å². The van der Waals surface area contributed by atoms with Crippen LogP contribution in [-0.4, -0.2) is 19.7 Å². The Morgan fingerprint density at radius 3 is 2.47 bits per heavy atom. The molecule has 9 heteroatoms. The number of non-ortho nitro benzene ring substituents is 1. The molecule has 1 aromatic heterocycles. The minimum atomic E-state index is -2.34. The Kier molecular flexibility index (Phi) is 5.84. The molecular weight excluding hydrogens is 421 g/mol. The number of anilines is 1. The number of rotatable bonds is 7. The molecule has 1 fully saturated rings. The molecule has 2 aromatic carbocycles. The summed E-state index contributed by atoms with van der Waals surface area (Å²) in [7, 11) is -2.34. The molecule has 1 unspecified atom stereocenters. The van der Waals surface area contributed by atoms with E-state index in [0.717, 1.165) is 18.5 Å². The molecule has 3 N–H and O–H groups in total. The van der Waals surface area contributed by atoms with Gasteiger partial charge >= 0.3 is 0 Å². The molecule has 0 bridgehead atoms. The fraction of sp³-hybridized carbons (Fsp3) is 0.286. The average Bonchev–Trinajstić information content (AvgIpc) is 3.18. The van der Waals surface area contributed by atoms with Gasteiger partial charge in [0.15, 0.2) is 13.5 Å². The Balaban J connectivity index is 1.44. The number of hydrogen-bond donors (Lipinski definition) is 3. The summed E-state index contributed by atoms with van der Waals surface area (Å²) in [5.41, 5.74) is 3.04. The van der Waals surface area contributed by atoms with Crippen molar-refractivity contribution in [1.29, 1.82) is 0 Å². The molecule has 0 amide bonds. The lowest BCUT2D eigenvalue weighted by atomic mass is 9.59. The van der Waals surface area contributed by atoms with Crippen molar-refractivity contribution in [1.82, 2.24) is 4.98 Å². The van der Waals surface area contributed by atoms with E-state index in [1.807, 2.05) is 11.4 Å². The van der Waals surface area contributed by atoms with Gasteiger partial charge in [-0.15, -0.1) is 11.3 Å². The van der Waals surface area contributed by atoms with Crippen LogP contribution in [0.5, 0.6) is 0 Å². The summed E-state index contributed by atoms with van der Waals surface area (Å²) < 4.78 is 0. The molecule has 7 nitrogen and oxygen atoms in total. The largest absolute Gasteiger partial charge is 0.348 e. The van der Waals surface area contributed by atoms with E-state index in [2.05, 4.69) is 41.5 Å². The lowest BCUT2D eigenvalue weighted by molar-refractivity contribution is -0.384. The monoisotopic (exact) mass is 443 g/mol. The van der Waals surface area contributed by atoms with Gasteiger partial charge in [-0.1, -0.05) is 37.3 Å². The van der Waals surface area contributed by atoms with Crippen molar-refractivity contribution in [3.8, 4) is 0 Å². The first-order valence-electron chi connectivity index (χ1n) is 9.54. The predicted molar refractivity (Wildman–Crippen MR) is 119 cm³/mol. The molecule has 1 atom stereocenters. The maximum absolute atomic E-state index is 10.8. The van der Waals surface area contributed by atoms with Crippen molar-refractivity contribution >= 4 is 30.5 Å². The molecule has 0 aliphatic heterocycles. The van der Waals surface area contributed by atoms with Crippen LogP contribution in [0, 0.1) is 10.1 Å². The Labute approximate surface area is 179 Å². The third kappa shape index (κ3) is 4.23. The summed E-state index contributed by atoms with van der Waals surface area (Å²) in [5, 5.41) is 16.5. The lowest BCUT2D eigenvalue weighted by Crippen LogP contribution is -2.37. The van der Waals surface area contributed by atoms with Crippen LogP contribution in [0.25, 0.3) is 0 Å². The normalized spacial score (nSPS) is 21.8. The number of thiazole rings is 1. The second-order valence-electron chi connectivity index (χ2n) is 7.83. The second-order valence-corrected chi connectivity index (χ2v) is 9.84. The summed E-state index contributed by atoms with van der Waals surface area (Å²) in [5.74, 6) is -0.389. The number of hydrogen-bond acceptors (Lipinski definition) is 7. The van der Waals surface area contributed by atoms with Gasteiger partial charge in [0.05, 0.1) is 10.6 Å². The molecule has 3 aromatic rings. The molecule has 1 saturated carbocycles. The molecule has 30 heavy (non-hydrogen) atoms. The van der Waals surface area contributed by atoms with Crippen molar-refractivity contribution in [2.45, 2.75) is 36.9 Å². The predicted octanol–water partition coefficient (Wildman–Crippen LogP) is 5.29. The van der Waals surface area contributed by atoms with Crippen molar-refractivity contribution in [2.24, 2.45) is 0 Å². The third-order valence-electron chi connectivity index (χ3n) is 5.72. The van der Waals surface area contributed by atoms with Crippen molar-refractivity contribution in [3.63, 3.8) is 0 Å². The standard InChI is InChI=1S/C21H22N3O4PS/c1-21(16-5-3-2-4-6-16)11-15(12-21)18-13-30-20(22-18)23-19(29(27)28)14-7-9-17(10-8-14)24(25)26/h2-10,13,15,19,27-28H,11-12H2,1H3,(H,22,23). The quantitative estimate of drug-likeness (QED) is 0.260. The summed E-state index contributed by atoms with van der Waals surface area (Å²) in [4.78, 5) is 34.8. The minimum absolute atomic E-state index is 0.0410. The van der Waals surface area contributed by atoms with Gasteiger partial charge in [0, 0.05) is 23.4 Å². The lowest BCUT2D eigenvalue weighted by Gasteiger charge is -2.45. The number of nitro benzene ring substituents is 1. The van der Waals surface area contributed by atoms with E-state index in [0.29, 0.717) is 16.6 Å². The molecule has 156 valence electrons. The fourth-order valence-electron chi connectivity index (χ4n) is 4.02. The van der Waals surface area contributed by atoms with Crippen molar-refractivity contribution in [3.05, 3.63) is 86.9 Å². The Hall–Kier alpha value is -2.38. The highest BCUT2D eigenvalue weighted by Crippen LogP contribution is 2.53.